The number of carbonyl (C=O) groups excluding carboxylic acids is 1. The van der Waals surface area contributed by atoms with Crippen molar-refractivity contribution in [2.75, 3.05) is 50.1 Å². The van der Waals surface area contributed by atoms with E-state index < -0.39 is 41.0 Å². The van der Waals surface area contributed by atoms with Crippen LogP contribution < -0.4 is 15.6 Å². The van der Waals surface area contributed by atoms with Crippen molar-refractivity contribution in [2.24, 2.45) is 0 Å². The smallest absolute Gasteiger partial charge is 0.261 e. The van der Waals surface area contributed by atoms with E-state index in [-0.39, 0.29) is 28.8 Å². The summed E-state index contributed by atoms with van der Waals surface area (Å²) >= 11 is 0. The van der Waals surface area contributed by atoms with Gasteiger partial charge < -0.3 is 19.7 Å². The first-order chi connectivity index (χ1) is 16.2. The summed E-state index contributed by atoms with van der Waals surface area (Å²) in [4.78, 5) is 29.5. The SMILES string of the molecule is Cc1ccc(NC(=O)c2cn(CCF)c3c(F)c(N4CCN(C)CC4)c(F)cc3c2=O)cc1F. The normalized spacial score (nSPS) is 14.6. The Kier molecular flexibility index (Phi) is 6.60. The Hall–Kier alpha value is -3.40. The molecule has 0 atom stereocenters. The number of fused-ring (bicyclic) bond motifs is 1. The molecule has 1 aliphatic rings. The highest BCUT2D eigenvalue weighted by atomic mass is 19.1. The molecule has 1 aliphatic heterocycles. The zero-order valence-corrected chi connectivity index (χ0v) is 18.8. The van der Waals surface area contributed by atoms with Crippen LogP contribution in [0.25, 0.3) is 10.9 Å². The van der Waals surface area contributed by atoms with Gasteiger partial charge in [0.1, 0.15) is 29.6 Å². The number of anilines is 2. The van der Waals surface area contributed by atoms with E-state index in [2.05, 4.69) is 5.32 Å². The van der Waals surface area contributed by atoms with Gasteiger partial charge >= 0.3 is 0 Å². The van der Waals surface area contributed by atoms with Crippen LogP contribution in [0.1, 0.15) is 15.9 Å². The lowest BCUT2D eigenvalue weighted by molar-refractivity contribution is 0.102. The van der Waals surface area contributed by atoms with Gasteiger partial charge in [-0.2, -0.15) is 0 Å². The summed E-state index contributed by atoms with van der Waals surface area (Å²) in [6.07, 6.45) is 1.05. The van der Waals surface area contributed by atoms with Crippen molar-refractivity contribution in [3.63, 3.8) is 0 Å². The van der Waals surface area contributed by atoms with Crippen LogP contribution in [0.4, 0.5) is 28.9 Å². The Morgan fingerprint density at radius 1 is 1.06 bits per heavy atom. The number of benzene rings is 2. The number of likely N-dealkylation sites (N-methyl/N-ethyl adjacent to an activating group) is 1. The lowest BCUT2D eigenvalue weighted by Crippen LogP contribution is -2.45. The van der Waals surface area contributed by atoms with Crippen LogP contribution in [-0.2, 0) is 6.54 Å². The topological polar surface area (TPSA) is 57.6 Å². The zero-order chi connectivity index (χ0) is 24.6. The summed E-state index contributed by atoms with van der Waals surface area (Å²) < 4.78 is 58.9. The zero-order valence-electron chi connectivity index (χ0n) is 18.8. The number of carbonyl (C=O) groups is 1. The molecule has 0 radical (unpaired) electrons. The summed E-state index contributed by atoms with van der Waals surface area (Å²) in [5, 5.41) is 2.04. The maximum Gasteiger partial charge on any atom is 0.261 e. The van der Waals surface area contributed by atoms with E-state index in [1.807, 2.05) is 11.9 Å². The monoisotopic (exact) mass is 476 g/mol. The Labute approximate surface area is 193 Å². The number of rotatable bonds is 5. The first-order valence-corrected chi connectivity index (χ1v) is 10.8. The van der Waals surface area contributed by atoms with E-state index in [4.69, 9.17) is 0 Å². The Bertz CT molecular complexity index is 1320. The van der Waals surface area contributed by atoms with Crippen molar-refractivity contribution in [3.05, 3.63) is 69.3 Å². The van der Waals surface area contributed by atoms with Crippen LogP contribution >= 0.6 is 0 Å². The predicted octanol–water partition coefficient (Wildman–Crippen LogP) is 3.70. The molecule has 4 rings (SSSR count). The van der Waals surface area contributed by atoms with E-state index in [9.17, 15) is 18.4 Å². The van der Waals surface area contributed by atoms with Crippen LogP contribution in [0.3, 0.4) is 0 Å². The second kappa shape index (κ2) is 9.46. The highest BCUT2D eigenvalue weighted by molar-refractivity contribution is 6.06. The number of nitrogens with zero attached hydrogens (tertiary/aromatic N) is 3. The summed E-state index contributed by atoms with van der Waals surface area (Å²) in [5.74, 6) is -3.35. The molecule has 34 heavy (non-hydrogen) atoms. The average Bonchev–Trinajstić information content (AvgIpc) is 2.79. The van der Waals surface area contributed by atoms with Gasteiger partial charge in [0.25, 0.3) is 5.91 Å². The molecule has 1 fully saturated rings. The van der Waals surface area contributed by atoms with E-state index in [0.717, 1.165) is 22.9 Å². The summed E-state index contributed by atoms with van der Waals surface area (Å²) in [5.41, 5.74) is -1.41. The van der Waals surface area contributed by atoms with E-state index in [0.29, 0.717) is 31.7 Å². The molecule has 0 bridgehead atoms. The van der Waals surface area contributed by atoms with E-state index in [1.165, 1.54) is 12.1 Å². The molecule has 180 valence electrons. The molecule has 1 amide bonds. The summed E-state index contributed by atoms with van der Waals surface area (Å²) in [6, 6.07) is 4.90. The number of halogens is 4. The molecular formula is C24H24F4N4O2. The van der Waals surface area contributed by atoms with Gasteiger partial charge in [-0.1, -0.05) is 6.07 Å². The molecule has 3 aromatic rings. The highest BCUT2D eigenvalue weighted by Gasteiger charge is 2.26. The third-order valence-corrected chi connectivity index (χ3v) is 6.05. The molecule has 1 N–H and O–H groups in total. The number of amides is 1. The number of pyridine rings is 1. The average molecular weight is 476 g/mol. The molecule has 0 unspecified atom stereocenters. The van der Waals surface area contributed by atoms with Crippen molar-refractivity contribution in [1.82, 2.24) is 9.47 Å². The minimum atomic E-state index is -0.974. The van der Waals surface area contributed by atoms with Crippen molar-refractivity contribution in [2.45, 2.75) is 13.5 Å². The van der Waals surface area contributed by atoms with Gasteiger partial charge in [0, 0.05) is 38.1 Å². The molecule has 0 aliphatic carbocycles. The molecular weight excluding hydrogens is 452 g/mol. The van der Waals surface area contributed by atoms with Crippen LogP contribution in [-0.4, -0.2) is 55.3 Å². The first-order valence-electron chi connectivity index (χ1n) is 10.8. The van der Waals surface area contributed by atoms with Gasteiger partial charge in [-0.3, -0.25) is 9.59 Å². The van der Waals surface area contributed by atoms with Gasteiger partial charge in [0.2, 0.25) is 5.43 Å². The van der Waals surface area contributed by atoms with Gasteiger partial charge in [-0.05, 0) is 37.7 Å². The van der Waals surface area contributed by atoms with Crippen molar-refractivity contribution < 1.29 is 22.4 Å². The molecule has 6 nitrogen and oxygen atoms in total. The number of nitrogens with one attached hydrogen (secondary N) is 1. The molecule has 0 spiro atoms. The van der Waals surface area contributed by atoms with Crippen molar-refractivity contribution in [1.29, 1.82) is 0 Å². The third-order valence-electron chi connectivity index (χ3n) is 6.05. The van der Waals surface area contributed by atoms with Crippen LogP contribution in [0.15, 0.2) is 35.3 Å². The standard InChI is InChI=1S/C24H24F4N4O2/c1-14-3-4-15(11-18(14)26)29-24(34)17-13-32(6-5-25)21-16(23(17)33)12-19(27)22(20(21)28)31-9-7-30(2)8-10-31/h3-4,11-13H,5-10H2,1-2H3,(H,29,34). The minimum absolute atomic E-state index is 0.104. The van der Waals surface area contributed by atoms with Gasteiger partial charge in [-0.15, -0.1) is 0 Å². The number of alkyl halides is 1. The minimum Gasteiger partial charge on any atom is -0.364 e. The van der Waals surface area contributed by atoms with E-state index in [1.54, 1.807) is 11.8 Å². The lowest BCUT2D eigenvalue weighted by Gasteiger charge is -2.34. The largest absolute Gasteiger partial charge is 0.364 e. The molecule has 2 heterocycles. The number of hydrogen-bond donors (Lipinski definition) is 1. The number of hydrogen-bond acceptors (Lipinski definition) is 4. The van der Waals surface area contributed by atoms with Gasteiger partial charge in [0.05, 0.1) is 17.4 Å². The molecule has 0 saturated carbocycles. The second-order valence-electron chi connectivity index (χ2n) is 8.38. The van der Waals surface area contributed by atoms with Gasteiger partial charge in [-0.25, -0.2) is 17.6 Å². The molecule has 1 saturated heterocycles. The third kappa shape index (κ3) is 4.37. The fourth-order valence-electron chi connectivity index (χ4n) is 4.09. The Morgan fingerprint density at radius 3 is 2.41 bits per heavy atom. The fraction of sp³-hybridized carbons (Fsp3) is 0.333. The summed E-state index contributed by atoms with van der Waals surface area (Å²) in [6.45, 7) is 2.29. The fourth-order valence-corrected chi connectivity index (χ4v) is 4.09. The molecule has 10 heteroatoms. The quantitative estimate of drug-likeness (QED) is 0.571. The Balaban J connectivity index is 1.82. The van der Waals surface area contributed by atoms with E-state index >= 15 is 8.78 Å². The van der Waals surface area contributed by atoms with Crippen molar-refractivity contribution >= 4 is 28.2 Å². The highest BCUT2D eigenvalue weighted by Crippen LogP contribution is 2.31. The lowest BCUT2D eigenvalue weighted by atomic mass is 10.1. The maximum absolute atomic E-state index is 15.6. The van der Waals surface area contributed by atoms with Crippen LogP contribution in [0.2, 0.25) is 0 Å². The maximum atomic E-state index is 15.6. The summed E-state index contributed by atoms with van der Waals surface area (Å²) in [7, 11) is 1.90. The predicted molar refractivity (Wildman–Crippen MR) is 123 cm³/mol. The second-order valence-corrected chi connectivity index (χ2v) is 8.38. The number of aromatic nitrogens is 1. The van der Waals surface area contributed by atoms with Crippen LogP contribution in [0, 0.1) is 24.4 Å². The number of aryl methyl sites for hydroxylation is 2. The van der Waals surface area contributed by atoms with Gasteiger partial charge in [0.15, 0.2) is 5.82 Å². The van der Waals surface area contributed by atoms with Crippen molar-refractivity contribution in [3.8, 4) is 0 Å². The van der Waals surface area contributed by atoms with Crippen LogP contribution in [0.5, 0.6) is 0 Å². The molecule has 2 aromatic carbocycles. The molecule has 1 aromatic heterocycles. The Morgan fingerprint density at radius 2 is 1.76 bits per heavy atom. The number of piperazine rings is 1. The first kappa shape index (κ1) is 23.7.